The second kappa shape index (κ2) is 2.46. The number of thioether (sulfide) groups is 1. The third-order valence-corrected chi connectivity index (χ3v) is 3.31. The smallest absolute Gasteiger partial charge is 0.316 e. The third kappa shape index (κ3) is 1.66. The van der Waals surface area contributed by atoms with Gasteiger partial charge in [-0.1, -0.05) is 13.8 Å². The van der Waals surface area contributed by atoms with E-state index in [0.29, 0.717) is 0 Å². The molecule has 1 atom stereocenters. The zero-order valence-electron chi connectivity index (χ0n) is 6.26. The largest absolute Gasteiger partial charge is 0.480 e. The second-order valence-corrected chi connectivity index (χ2v) is 5.15. The monoisotopic (exact) mass is 160 g/mol. The molecule has 0 aromatic carbocycles. The van der Waals surface area contributed by atoms with Gasteiger partial charge in [-0.2, -0.15) is 0 Å². The molecule has 1 saturated heterocycles. The molecule has 0 bridgehead atoms. The van der Waals surface area contributed by atoms with Gasteiger partial charge in [0.1, 0.15) is 5.25 Å². The highest BCUT2D eigenvalue weighted by Gasteiger charge is 2.35. The Morgan fingerprint density at radius 2 is 2.30 bits per heavy atom. The summed E-state index contributed by atoms with van der Waals surface area (Å²) in [6, 6.07) is 0. The van der Waals surface area contributed by atoms with Crippen LogP contribution in [0.25, 0.3) is 0 Å². The maximum absolute atomic E-state index is 10.5. The first-order chi connectivity index (χ1) is 4.51. The molecule has 1 unspecified atom stereocenters. The van der Waals surface area contributed by atoms with Crippen LogP contribution >= 0.6 is 11.8 Å². The summed E-state index contributed by atoms with van der Waals surface area (Å²) in [6.45, 7) is 4.20. The lowest BCUT2D eigenvalue weighted by Crippen LogP contribution is -2.14. The molecule has 1 aliphatic heterocycles. The molecule has 1 heterocycles. The van der Waals surface area contributed by atoms with E-state index in [2.05, 4.69) is 13.8 Å². The summed E-state index contributed by atoms with van der Waals surface area (Å²) >= 11 is 1.58. The Morgan fingerprint density at radius 3 is 2.50 bits per heavy atom. The van der Waals surface area contributed by atoms with E-state index in [1.807, 2.05) is 0 Å². The Hall–Kier alpha value is -0.180. The second-order valence-electron chi connectivity index (χ2n) is 3.24. The van der Waals surface area contributed by atoms with Crippen molar-refractivity contribution in [1.82, 2.24) is 0 Å². The molecule has 58 valence electrons. The zero-order chi connectivity index (χ0) is 7.78. The van der Waals surface area contributed by atoms with Crippen molar-refractivity contribution in [3.05, 3.63) is 0 Å². The number of carbonyl (C=O) groups is 1. The van der Waals surface area contributed by atoms with Crippen LogP contribution in [0.2, 0.25) is 0 Å². The van der Waals surface area contributed by atoms with Gasteiger partial charge in [-0.25, -0.2) is 0 Å². The maximum Gasteiger partial charge on any atom is 0.316 e. The lowest BCUT2D eigenvalue weighted by Gasteiger charge is -2.14. The molecule has 1 aliphatic rings. The highest BCUT2D eigenvalue weighted by atomic mass is 32.2. The Bertz CT molecular complexity index is 154. The number of hydrogen-bond acceptors (Lipinski definition) is 2. The van der Waals surface area contributed by atoms with Crippen LogP contribution in [0.15, 0.2) is 0 Å². The molecular formula is C7H12O2S. The Balaban J connectivity index is 2.51. The molecular weight excluding hydrogens is 148 g/mol. The van der Waals surface area contributed by atoms with Gasteiger partial charge in [0.05, 0.1) is 0 Å². The van der Waals surface area contributed by atoms with Crippen molar-refractivity contribution in [2.24, 2.45) is 0 Å². The molecule has 1 fully saturated rings. The summed E-state index contributed by atoms with van der Waals surface area (Å²) in [4.78, 5) is 10.5. The van der Waals surface area contributed by atoms with Gasteiger partial charge < -0.3 is 5.11 Å². The van der Waals surface area contributed by atoms with Crippen LogP contribution in [0.3, 0.4) is 0 Å². The van der Waals surface area contributed by atoms with Gasteiger partial charge in [-0.15, -0.1) is 11.8 Å². The van der Waals surface area contributed by atoms with E-state index < -0.39 is 5.97 Å². The van der Waals surface area contributed by atoms with Crippen molar-refractivity contribution in [3.8, 4) is 0 Å². The van der Waals surface area contributed by atoms with Crippen LogP contribution in [0.1, 0.15) is 26.7 Å². The number of rotatable bonds is 1. The van der Waals surface area contributed by atoms with E-state index in [4.69, 9.17) is 5.11 Å². The average molecular weight is 160 g/mol. The van der Waals surface area contributed by atoms with Crippen LogP contribution < -0.4 is 0 Å². The van der Waals surface area contributed by atoms with Crippen molar-refractivity contribution in [2.45, 2.75) is 36.7 Å². The normalized spacial score (nSPS) is 30.4. The fraction of sp³-hybridized carbons (Fsp3) is 0.857. The van der Waals surface area contributed by atoms with Gasteiger partial charge in [-0.05, 0) is 12.8 Å². The van der Waals surface area contributed by atoms with Crippen LogP contribution in [-0.4, -0.2) is 21.1 Å². The van der Waals surface area contributed by atoms with E-state index in [0.717, 1.165) is 12.8 Å². The number of carboxylic acid groups (broad SMARTS) is 1. The number of aliphatic carboxylic acids is 1. The molecule has 3 heteroatoms. The molecule has 1 rings (SSSR count). The van der Waals surface area contributed by atoms with Crippen molar-refractivity contribution < 1.29 is 9.90 Å². The Labute approximate surface area is 65.0 Å². The predicted molar refractivity (Wildman–Crippen MR) is 42.3 cm³/mol. The first-order valence-electron chi connectivity index (χ1n) is 3.42. The predicted octanol–water partition coefficient (Wildman–Crippen LogP) is 1.75. The summed E-state index contributed by atoms with van der Waals surface area (Å²) in [6.07, 6.45) is 1.85. The molecule has 0 radical (unpaired) electrons. The molecule has 0 spiro atoms. The summed E-state index contributed by atoms with van der Waals surface area (Å²) in [5, 5.41) is 8.47. The van der Waals surface area contributed by atoms with E-state index in [9.17, 15) is 4.79 Å². The Kier molecular flexibility index (Phi) is 1.95. The van der Waals surface area contributed by atoms with Crippen molar-refractivity contribution in [3.63, 3.8) is 0 Å². The van der Waals surface area contributed by atoms with E-state index in [1.165, 1.54) is 0 Å². The number of carboxylic acids is 1. The highest BCUT2D eigenvalue weighted by molar-refractivity contribution is 8.02. The lowest BCUT2D eigenvalue weighted by molar-refractivity contribution is -0.136. The minimum absolute atomic E-state index is 0.157. The van der Waals surface area contributed by atoms with Crippen LogP contribution in [-0.2, 0) is 4.79 Å². The van der Waals surface area contributed by atoms with Gasteiger partial charge in [0.25, 0.3) is 0 Å². The van der Waals surface area contributed by atoms with E-state index in [-0.39, 0.29) is 10.00 Å². The van der Waals surface area contributed by atoms with E-state index in [1.54, 1.807) is 11.8 Å². The first-order valence-corrected chi connectivity index (χ1v) is 4.30. The molecule has 0 amide bonds. The summed E-state index contributed by atoms with van der Waals surface area (Å²) in [5.74, 6) is -0.657. The van der Waals surface area contributed by atoms with E-state index >= 15 is 0 Å². The quantitative estimate of drug-likeness (QED) is 0.635. The van der Waals surface area contributed by atoms with Gasteiger partial charge in [0.15, 0.2) is 0 Å². The van der Waals surface area contributed by atoms with Crippen molar-refractivity contribution >= 4 is 17.7 Å². The molecule has 10 heavy (non-hydrogen) atoms. The summed E-state index contributed by atoms with van der Waals surface area (Å²) in [5.41, 5.74) is 0. The van der Waals surface area contributed by atoms with Gasteiger partial charge in [0.2, 0.25) is 0 Å². The highest BCUT2D eigenvalue weighted by Crippen LogP contribution is 2.42. The lowest BCUT2D eigenvalue weighted by atomic mass is 10.1. The molecule has 0 aliphatic carbocycles. The minimum Gasteiger partial charge on any atom is -0.480 e. The molecule has 0 aromatic heterocycles. The standard InChI is InChI=1S/C7H12O2S/c1-7(2)4-3-5(10-7)6(8)9/h5H,3-4H2,1-2H3,(H,8,9). The average Bonchev–Trinajstić information content (AvgIpc) is 2.10. The molecule has 1 N–H and O–H groups in total. The fourth-order valence-corrected chi connectivity index (χ4v) is 2.50. The fourth-order valence-electron chi connectivity index (χ4n) is 1.16. The zero-order valence-corrected chi connectivity index (χ0v) is 7.07. The molecule has 0 aromatic rings. The van der Waals surface area contributed by atoms with Gasteiger partial charge in [-0.3, -0.25) is 4.79 Å². The minimum atomic E-state index is -0.657. The van der Waals surface area contributed by atoms with Crippen molar-refractivity contribution in [2.75, 3.05) is 0 Å². The van der Waals surface area contributed by atoms with Gasteiger partial charge in [0, 0.05) is 4.75 Å². The topological polar surface area (TPSA) is 37.3 Å². The third-order valence-electron chi connectivity index (χ3n) is 1.75. The molecule has 0 saturated carbocycles. The first kappa shape index (κ1) is 7.92. The summed E-state index contributed by atoms with van der Waals surface area (Å²) < 4.78 is 0.184. The maximum atomic E-state index is 10.5. The Morgan fingerprint density at radius 1 is 1.70 bits per heavy atom. The van der Waals surface area contributed by atoms with Crippen LogP contribution in [0.5, 0.6) is 0 Å². The number of hydrogen-bond donors (Lipinski definition) is 1. The SMILES string of the molecule is CC1(C)CCC(C(=O)O)S1. The van der Waals surface area contributed by atoms with Crippen LogP contribution in [0, 0.1) is 0 Å². The summed E-state index contributed by atoms with van der Waals surface area (Å²) in [7, 11) is 0. The van der Waals surface area contributed by atoms with Gasteiger partial charge >= 0.3 is 5.97 Å². The van der Waals surface area contributed by atoms with Crippen LogP contribution in [0.4, 0.5) is 0 Å². The van der Waals surface area contributed by atoms with Crippen molar-refractivity contribution in [1.29, 1.82) is 0 Å². The molecule has 2 nitrogen and oxygen atoms in total.